The number of nitrogens with one attached hydrogen (secondary N) is 1. The number of nitrogens with zero attached hydrogens (tertiary/aromatic N) is 1. The summed E-state index contributed by atoms with van der Waals surface area (Å²) in [7, 11) is 0. The average molecular weight is 350 g/mol. The van der Waals surface area contributed by atoms with Crippen LogP contribution in [0.15, 0.2) is 24.3 Å². The summed E-state index contributed by atoms with van der Waals surface area (Å²) in [5.41, 5.74) is 0.174. The lowest BCUT2D eigenvalue weighted by Gasteiger charge is -2.53. The molecular formula is C19H21F3N2O. The molecular weight excluding hydrogens is 329 g/mol. The number of carbonyl (C=O) groups excluding carboxylic acids is 1. The first-order valence-corrected chi connectivity index (χ1v) is 9.15. The molecule has 0 saturated heterocycles. The molecule has 1 N–H and O–H groups in total. The van der Waals surface area contributed by atoms with E-state index in [9.17, 15) is 18.0 Å². The molecule has 5 rings (SSSR count). The summed E-state index contributed by atoms with van der Waals surface area (Å²) in [6.07, 6.45) is 0.660. The molecule has 1 heterocycles. The van der Waals surface area contributed by atoms with E-state index in [1.54, 1.807) is 12.1 Å². The van der Waals surface area contributed by atoms with Crippen molar-refractivity contribution < 1.29 is 18.0 Å². The fourth-order valence-corrected chi connectivity index (χ4v) is 6.37. The largest absolute Gasteiger partial charge is 0.406 e. The van der Waals surface area contributed by atoms with E-state index in [2.05, 4.69) is 5.32 Å². The molecule has 2 bridgehead atoms. The molecule has 0 radical (unpaired) electrons. The van der Waals surface area contributed by atoms with Gasteiger partial charge in [-0.2, -0.15) is 13.2 Å². The van der Waals surface area contributed by atoms with Crippen molar-refractivity contribution in [3.8, 4) is 0 Å². The third-order valence-corrected chi connectivity index (χ3v) is 7.06. The van der Waals surface area contributed by atoms with Gasteiger partial charge in [0, 0.05) is 11.6 Å². The highest BCUT2D eigenvalue weighted by molar-refractivity contribution is 6.02. The van der Waals surface area contributed by atoms with Crippen LogP contribution in [0.2, 0.25) is 0 Å². The van der Waals surface area contributed by atoms with Crippen molar-refractivity contribution in [2.24, 2.45) is 23.7 Å². The number of halogens is 3. The fourth-order valence-electron chi connectivity index (χ4n) is 6.37. The van der Waals surface area contributed by atoms with Crippen LogP contribution in [0, 0.1) is 23.7 Å². The Balaban J connectivity index is 1.60. The molecule has 25 heavy (non-hydrogen) atoms. The Labute approximate surface area is 144 Å². The molecule has 1 aromatic rings. The first-order valence-electron chi connectivity index (χ1n) is 9.15. The quantitative estimate of drug-likeness (QED) is 0.820. The molecule has 6 heteroatoms. The Morgan fingerprint density at radius 1 is 1.20 bits per heavy atom. The van der Waals surface area contributed by atoms with Gasteiger partial charge in [-0.05, 0) is 55.6 Å². The maximum atomic E-state index is 13.3. The first kappa shape index (κ1) is 15.5. The molecule has 3 saturated carbocycles. The maximum Gasteiger partial charge on any atom is 0.406 e. The number of hydrogen-bond acceptors (Lipinski definition) is 2. The summed E-state index contributed by atoms with van der Waals surface area (Å²) in [5, 5.41) is 3.42. The molecule has 4 aliphatic rings. The molecule has 3 fully saturated rings. The second kappa shape index (κ2) is 4.92. The van der Waals surface area contributed by atoms with Crippen LogP contribution in [0.1, 0.15) is 42.5 Å². The Kier molecular flexibility index (Phi) is 3.06. The van der Waals surface area contributed by atoms with Gasteiger partial charge in [0.25, 0.3) is 5.91 Å². The third kappa shape index (κ3) is 2.09. The van der Waals surface area contributed by atoms with Gasteiger partial charge < -0.3 is 10.2 Å². The zero-order valence-electron chi connectivity index (χ0n) is 13.9. The predicted octanol–water partition coefficient (Wildman–Crippen LogP) is 4.27. The van der Waals surface area contributed by atoms with Crippen molar-refractivity contribution in [3.63, 3.8) is 0 Å². The molecule has 134 valence electrons. The minimum atomic E-state index is -4.40. The Hall–Kier alpha value is -1.72. The van der Waals surface area contributed by atoms with Crippen LogP contribution >= 0.6 is 0 Å². The van der Waals surface area contributed by atoms with Crippen molar-refractivity contribution >= 4 is 11.6 Å². The molecule has 3 nitrogen and oxygen atoms in total. The fraction of sp³-hybridized carbons (Fsp3) is 0.632. The van der Waals surface area contributed by atoms with Crippen molar-refractivity contribution in [2.75, 3.05) is 11.9 Å². The number of alkyl halides is 3. The summed E-state index contributed by atoms with van der Waals surface area (Å²) in [6, 6.07) is 6.97. The van der Waals surface area contributed by atoms with E-state index in [1.165, 1.54) is 12.8 Å². The van der Waals surface area contributed by atoms with Gasteiger partial charge in [-0.15, -0.1) is 0 Å². The van der Waals surface area contributed by atoms with Crippen LogP contribution in [0.4, 0.5) is 18.9 Å². The number of hydrogen-bond donors (Lipinski definition) is 1. The highest BCUT2D eigenvalue weighted by atomic mass is 19.4. The van der Waals surface area contributed by atoms with Gasteiger partial charge in [0.2, 0.25) is 0 Å². The second-order valence-corrected chi connectivity index (χ2v) is 8.17. The van der Waals surface area contributed by atoms with E-state index in [0.29, 0.717) is 35.4 Å². The summed E-state index contributed by atoms with van der Waals surface area (Å²) < 4.78 is 39.9. The highest BCUT2D eigenvalue weighted by Crippen LogP contribution is 2.64. The Morgan fingerprint density at radius 2 is 1.96 bits per heavy atom. The van der Waals surface area contributed by atoms with E-state index >= 15 is 0 Å². The van der Waals surface area contributed by atoms with Crippen LogP contribution < -0.4 is 5.32 Å². The molecule has 1 spiro atoms. The Bertz CT molecular complexity index is 734. The molecule has 3 aliphatic carbocycles. The normalized spacial score (nSPS) is 38.8. The van der Waals surface area contributed by atoms with Crippen LogP contribution in [-0.4, -0.2) is 29.2 Å². The predicted molar refractivity (Wildman–Crippen MR) is 86.9 cm³/mol. The zero-order chi connectivity index (χ0) is 17.4. The van der Waals surface area contributed by atoms with E-state index < -0.39 is 24.3 Å². The Morgan fingerprint density at radius 3 is 2.76 bits per heavy atom. The van der Waals surface area contributed by atoms with Gasteiger partial charge in [-0.3, -0.25) is 4.79 Å². The van der Waals surface area contributed by atoms with E-state index in [4.69, 9.17) is 0 Å². The van der Waals surface area contributed by atoms with Gasteiger partial charge in [0.05, 0.1) is 5.56 Å². The minimum absolute atomic E-state index is 0.129. The molecule has 1 aromatic carbocycles. The molecule has 1 amide bonds. The van der Waals surface area contributed by atoms with E-state index in [-0.39, 0.29) is 5.92 Å². The summed E-state index contributed by atoms with van der Waals surface area (Å²) in [4.78, 5) is 14.1. The molecule has 5 atom stereocenters. The summed E-state index contributed by atoms with van der Waals surface area (Å²) in [6.45, 7) is -1.17. The highest BCUT2D eigenvalue weighted by Gasteiger charge is 2.65. The van der Waals surface area contributed by atoms with Gasteiger partial charge in [0.15, 0.2) is 0 Å². The number of benzene rings is 1. The number of para-hydroxylation sites is 1. The summed E-state index contributed by atoms with van der Waals surface area (Å²) in [5.74, 6) is 1.20. The lowest BCUT2D eigenvalue weighted by molar-refractivity contribution is -0.155. The number of rotatable bonds is 1. The number of carbonyl (C=O) groups is 1. The number of amides is 1. The SMILES string of the molecule is O=C1c2ccccc2N[C@@]2(CC3CC2[C@H]2CCC[C@H]32)N1CC(F)(F)F. The van der Waals surface area contributed by atoms with Crippen LogP contribution in [-0.2, 0) is 0 Å². The van der Waals surface area contributed by atoms with Crippen LogP contribution in [0.25, 0.3) is 0 Å². The van der Waals surface area contributed by atoms with Gasteiger partial charge in [-0.1, -0.05) is 18.6 Å². The van der Waals surface area contributed by atoms with Crippen LogP contribution in [0.5, 0.6) is 0 Å². The van der Waals surface area contributed by atoms with Gasteiger partial charge >= 0.3 is 6.18 Å². The molecule has 1 aliphatic heterocycles. The zero-order valence-corrected chi connectivity index (χ0v) is 13.9. The monoisotopic (exact) mass is 350 g/mol. The van der Waals surface area contributed by atoms with Gasteiger partial charge in [0.1, 0.15) is 12.2 Å². The lowest BCUT2D eigenvalue weighted by Crippen LogP contribution is -2.66. The lowest BCUT2D eigenvalue weighted by atomic mass is 9.73. The van der Waals surface area contributed by atoms with Gasteiger partial charge in [-0.25, -0.2) is 0 Å². The standard InChI is InChI=1S/C19H21F3N2O/c20-19(21,22)10-24-17(25)14-4-1-2-7-16(14)23-18(24)9-11-8-15(18)13-6-3-5-12(11)13/h1-2,4,7,11-13,15,23H,3,5-6,8-10H2/t11?,12-,13+,15?,18+/m1/s1. The number of fused-ring (bicyclic) bond motifs is 7. The first-order chi connectivity index (χ1) is 11.9. The average Bonchev–Trinajstić information content (AvgIpc) is 3.22. The summed E-state index contributed by atoms with van der Waals surface area (Å²) >= 11 is 0. The van der Waals surface area contributed by atoms with Crippen molar-refractivity contribution in [1.82, 2.24) is 4.90 Å². The van der Waals surface area contributed by atoms with Crippen LogP contribution in [0.3, 0.4) is 0 Å². The van der Waals surface area contributed by atoms with E-state index in [0.717, 1.165) is 17.7 Å². The van der Waals surface area contributed by atoms with Crippen molar-refractivity contribution in [2.45, 2.75) is 43.9 Å². The number of anilines is 1. The van der Waals surface area contributed by atoms with Crippen molar-refractivity contribution in [3.05, 3.63) is 29.8 Å². The second-order valence-electron chi connectivity index (χ2n) is 8.17. The third-order valence-electron chi connectivity index (χ3n) is 7.06. The topological polar surface area (TPSA) is 32.3 Å². The minimum Gasteiger partial charge on any atom is -0.362 e. The smallest absolute Gasteiger partial charge is 0.362 e. The van der Waals surface area contributed by atoms with Crippen molar-refractivity contribution in [1.29, 1.82) is 0 Å². The maximum absolute atomic E-state index is 13.3. The van der Waals surface area contributed by atoms with E-state index in [1.807, 2.05) is 12.1 Å². The molecule has 0 aromatic heterocycles. The molecule has 2 unspecified atom stereocenters.